The van der Waals surface area contributed by atoms with Gasteiger partial charge in [-0.15, -0.1) is 0 Å². The van der Waals surface area contributed by atoms with E-state index in [1.807, 2.05) is 35.6 Å². The first-order valence-corrected chi connectivity index (χ1v) is 7.04. The molecule has 0 aliphatic carbocycles. The summed E-state index contributed by atoms with van der Waals surface area (Å²) in [6.07, 6.45) is 0. The minimum absolute atomic E-state index is 0.561. The van der Waals surface area contributed by atoms with Gasteiger partial charge in [0.05, 0.1) is 5.69 Å². The molecule has 0 spiro atoms. The van der Waals surface area contributed by atoms with E-state index in [0.717, 1.165) is 10.8 Å². The van der Waals surface area contributed by atoms with Crippen LogP contribution in [0.2, 0.25) is 0 Å². The fraction of sp³-hybridized carbons (Fsp3) is 0.0833. The summed E-state index contributed by atoms with van der Waals surface area (Å²) >= 11 is 0. The van der Waals surface area contributed by atoms with Crippen LogP contribution in [0.1, 0.15) is 0 Å². The number of nitrogens with one attached hydrogen (secondary N) is 2. The van der Waals surface area contributed by atoms with E-state index >= 15 is 0 Å². The Morgan fingerprint density at radius 1 is 1.11 bits per heavy atom. The van der Waals surface area contributed by atoms with Crippen molar-refractivity contribution in [3.8, 4) is 0 Å². The average Bonchev–Trinajstić information content (AvgIpc) is 2.36. The molecular weight excluding hydrogens is 268 g/mol. The zero-order valence-corrected chi connectivity index (χ0v) is 10.6. The molecular formula is C12H12N2O4S. The van der Waals surface area contributed by atoms with Gasteiger partial charge in [0, 0.05) is 5.39 Å². The maximum Gasteiger partial charge on any atom is 0.320 e. The molecule has 0 atom stereocenters. The highest BCUT2D eigenvalue weighted by Crippen LogP contribution is 2.22. The van der Waals surface area contributed by atoms with Crippen molar-refractivity contribution >= 4 is 32.6 Å². The molecule has 2 aromatic rings. The van der Waals surface area contributed by atoms with Crippen LogP contribution in [0.25, 0.3) is 10.8 Å². The Labute approximate surface area is 110 Å². The standard InChI is InChI=1S/C12H12N2O4S/c15-12(13-8-19(16,17)18)14-11-7-3-5-9-4-1-2-6-10(9)11/h1-7H,8H2,(H2,13,14,15)(H,16,17,18). The SMILES string of the molecule is O=C(NCS(=O)(=O)O)Nc1cccc2ccccc12. The number of hydrogen-bond acceptors (Lipinski definition) is 3. The van der Waals surface area contributed by atoms with Gasteiger partial charge in [-0.2, -0.15) is 8.42 Å². The van der Waals surface area contributed by atoms with Crippen molar-refractivity contribution in [2.75, 3.05) is 11.2 Å². The Morgan fingerprint density at radius 2 is 1.79 bits per heavy atom. The molecule has 0 saturated carbocycles. The van der Waals surface area contributed by atoms with Crippen LogP contribution in [0.15, 0.2) is 42.5 Å². The normalized spacial score (nSPS) is 11.2. The Hall–Kier alpha value is -2.12. The zero-order valence-electron chi connectivity index (χ0n) is 9.83. The molecule has 0 aliphatic heterocycles. The first-order valence-electron chi connectivity index (χ1n) is 5.43. The van der Waals surface area contributed by atoms with Crippen molar-refractivity contribution < 1.29 is 17.8 Å². The minimum Gasteiger partial charge on any atom is -0.321 e. The first kappa shape index (κ1) is 13.3. The Morgan fingerprint density at radius 3 is 2.53 bits per heavy atom. The predicted octanol–water partition coefficient (Wildman–Crippen LogP) is 1.81. The van der Waals surface area contributed by atoms with Crippen molar-refractivity contribution in [3.05, 3.63) is 42.5 Å². The van der Waals surface area contributed by atoms with Crippen molar-refractivity contribution in [2.45, 2.75) is 0 Å². The third-order valence-electron chi connectivity index (χ3n) is 2.45. The largest absolute Gasteiger partial charge is 0.321 e. The van der Waals surface area contributed by atoms with E-state index in [-0.39, 0.29) is 0 Å². The highest BCUT2D eigenvalue weighted by Gasteiger charge is 2.09. The molecule has 0 saturated heterocycles. The van der Waals surface area contributed by atoms with Crippen molar-refractivity contribution in [3.63, 3.8) is 0 Å². The average molecular weight is 280 g/mol. The smallest absolute Gasteiger partial charge is 0.320 e. The monoisotopic (exact) mass is 280 g/mol. The number of amides is 2. The van der Waals surface area contributed by atoms with Crippen LogP contribution in [0.4, 0.5) is 10.5 Å². The highest BCUT2D eigenvalue weighted by atomic mass is 32.2. The van der Waals surface area contributed by atoms with Gasteiger partial charge in [0.2, 0.25) is 0 Å². The number of carbonyl (C=O) groups is 1. The van der Waals surface area contributed by atoms with Crippen LogP contribution in [0.5, 0.6) is 0 Å². The van der Waals surface area contributed by atoms with Crippen molar-refractivity contribution in [2.24, 2.45) is 0 Å². The van der Waals surface area contributed by atoms with Gasteiger partial charge in [-0.05, 0) is 11.5 Å². The van der Waals surface area contributed by atoms with Gasteiger partial charge < -0.3 is 10.6 Å². The molecule has 0 fully saturated rings. The van der Waals surface area contributed by atoms with E-state index in [4.69, 9.17) is 4.55 Å². The number of hydrogen-bond donors (Lipinski definition) is 3. The molecule has 3 N–H and O–H groups in total. The molecule has 2 aromatic carbocycles. The molecule has 19 heavy (non-hydrogen) atoms. The first-order chi connectivity index (χ1) is 8.96. The lowest BCUT2D eigenvalue weighted by Crippen LogP contribution is -2.33. The van der Waals surface area contributed by atoms with E-state index < -0.39 is 22.0 Å². The van der Waals surface area contributed by atoms with Gasteiger partial charge in [0.25, 0.3) is 10.1 Å². The molecule has 0 aliphatic rings. The summed E-state index contributed by atoms with van der Waals surface area (Å²) in [5.41, 5.74) is 0.561. The molecule has 2 amide bonds. The summed E-state index contributed by atoms with van der Waals surface area (Å²) in [5, 5.41) is 6.37. The predicted molar refractivity (Wildman–Crippen MR) is 72.5 cm³/mol. The summed E-state index contributed by atoms with van der Waals surface area (Å²) in [4.78, 5) is 11.5. The van der Waals surface area contributed by atoms with Gasteiger partial charge >= 0.3 is 6.03 Å². The number of fused-ring (bicyclic) bond motifs is 1. The molecule has 0 bridgehead atoms. The summed E-state index contributed by atoms with van der Waals surface area (Å²) in [6, 6.07) is 12.1. The Balaban J connectivity index is 2.15. The van der Waals surface area contributed by atoms with Gasteiger partial charge in [0.1, 0.15) is 5.88 Å². The number of anilines is 1. The number of urea groups is 1. The lowest BCUT2D eigenvalue weighted by atomic mass is 10.1. The van der Waals surface area contributed by atoms with E-state index in [0.29, 0.717) is 5.69 Å². The van der Waals surface area contributed by atoms with Gasteiger partial charge in [-0.25, -0.2) is 4.79 Å². The topological polar surface area (TPSA) is 95.5 Å². The molecule has 0 unspecified atom stereocenters. The fourth-order valence-electron chi connectivity index (χ4n) is 1.66. The second-order valence-electron chi connectivity index (χ2n) is 3.88. The second-order valence-corrected chi connectivity index (χ2v) is 5.34. The number of carbonyl (C=O) groups excluding carboxylic acids is 1. The second kappa shape index (κ2) is 5.25. The van der Waals surface area contributed by atoms with Gasteiger partial charge in [-0.3, -0.25) is 4.55 Å². The minimum atomic E-state index is -4.23. The van der Waals surface area contributed by atoms with Crippen molar-refractivity contribution in [1.29, 1.82) is 0 Å². The van der Waals surface area contributed by atoms with Crippen LogP contribution in [0, 0.1) is 0 Å². The van der Waals surface area contributed by atoms with Crippen LogP contribution >= 0.6 is 0 Å². The summed E-state index contributed by atoms with van der Waals surface area (Å²) < 4.78 is 29.6. The quantitative estimate of drug-likeness (QED) is 0.747. The fourth-order valence-corrected chi connectivity index (χ4v) is 1.97. The Kier molecular flexibility index (Phi) is 3.68. The van der Waals surface area contributed by atoms with Crippen LogP contribution in [-0.2, 0) is 10.1 Å². The third-order valence-corrected chi connectivity index (χ3v) is 2.96. The maximum atomic E-state index is 11.5. The van der Waals surface area contributed by atoms with E-state index in [2.05, 4.69) is 5.32 Å². The summed E-state index contributed by atoms with van der Waals surface area (Å²) in [7, 11) is -4.23. The van der Waals surface area contributed by atoms with E-state index in [9.17, 15) is 13.2 Å². The third kappa shape index (κ3) is 3.67. The van der Waals surface area contributed by atoms with Crippen LogP contribution in [0.3, 0.4) is 0 Å². The lowest BCUT2D eigenvalue weighted by molar-refractivity contribution is 0.253. The summed E-state index contributed by atoms with van der Waals surface area (Å²) in [6.45, 7) is 0. The molecule has 0 heterocycles. The van der Waals surface area contributed by atoms with Crippen molar-refractivity contribution in [1.82, 2.24) is 5.32 Å². The lowest BCUT2D eigenvalue weighted by Gasteiger charge is -2.09. The van der Waals surface area contributed by atoms with Gasteiger partial charge in [0.15, 0.2) is 0 Å². The molecule has 100 valence electrons. The zero-order chi connectivity index (χ0) is 13.9. The maximum absolute atomic E-state index is 11.5. The number of benzene rings is 2. The molecule has 7 heteroatoms. The Bertz CT molecular complexity index is 707. The molecule has 6 nitrogen and oxygen atoms in total. The van der Waals surface area contributed by atoms with Crippen LogP contribution in [-0.4, -0.2) is 24.9 Å². The van der Waals surface area contributed by atoms with E-state index in [1.165, 1.54) is 0 Å². The van der Waals surface area contributed by atoms with E-state index in [1.54, 1.807) is 12.1 Å². The van der Waals surface area contributed by atoms with Crippen LogP contribution < -0.4 is 10.6 Å². The van der Waals surface area contributed by atoms with Gasteiger partial charge in [-0.1, -0.05) is 36.4 Å². The summed E-state index contributed by atoms with van der Waals surface area (Å²) in [5.74, 6) is -0.830. The highest BCUT2D eigenvalue weighted by molar-refractivity contribution is 7.85. The molecule has 0 aromatic heterocycles. The molecule has 0 radical (unpaired) electrons. The molecule has 2 rings (SSSR count). The number of rotatable bonds is 3.